The van der Waals surface area contributed by atoms with Crippen molar-refractivity contribution >= 4 is 23.4 Å². The molecule has 38 heavy (non-hydrogen) atoms. The Morgan fingerprint density at radius 3 is 2.58 bits per heavy atom. The molecule has 5 atom stereocenters. The number of ether oxygens (including phenoxy) is 1. The number of rotatable bonds is 7. The van der Waals surface area contributed by atoms with Crippen LogP contribution in [-0.2, 0) is 19.1 Å². The molecule has 2 aliphatic carbocycles. The SMILES string of the molecule is Cc1ccc(NC(=O)[C@H]2[C@@H]3C=C[C@]4(O3)[C@@H]2C(=O)N(CCC2=CCCCC2)[C@@H]4C(=O)NC2CCCCC2)cc1. The molecule has 5 aliphatic rings. The summed E-state index contributed by atoms with van der Waals surface area (Å²) in [6.07, 6.45) is 16.2. The van der Waals surface area contributed by atoms with Gasteiger partial charge in [0, 0.05) is 18.3 Å². The summed E-state index contributed by atoms with van der Waals surface area (Å²) in [6.45, 7) is 2.47. The molecule has 1 aromatic rings. The number of anilines is 1. The van der Waals surface area contributed by atoms with Crippen molar-refractivity contribution < 1.29 is 19.1 Å². The molecular weight excluding hydrogens is 478 g/mol. The van der Waals surface area contributed by atoms with Crippen molar-refractivity contribution in [1.82, 2.24) is 10.2 Å². The highest BCUT2D eigenvalue weighted by atomic mass is 16.5. The van der Waals surface area contributed by atoms with E-state index in [0.717, 1.165) is 50.5 Å². The van der Waals surface area contributed by atoms with Gasteiger partial charge >= 0.3 is 0 Å². The van der Waals surface area contributed by atoms with Crippen LogP contribution in [-0.4, -0.2) is 53.0 Å². The number of carbonyl (C=O) groups excluding carboxylic acids is 3. The Kier molecular flexibility index (Phi) is 6.89. The molecule has 1 spiro atoms. The summed E-state index contributed by atoms with van der Waals surface area (Å²) in [4.78, 5) is 43.3. The Morgan fingerprint density at radius 2 is 1.84 bits per heavy atom. The van der Waals surface area contributed by atoms with Gasteiger partial charge < -0.3 is 20.3 Å². The average molecular weight is 518 g/mol. The van der Waals surface area contributed by atoms with Gasteiger partial charge in [0.2, 0.25) is 17.7 Å². The quantitative estimate of drug-likeness (QED) is 0.524. The van der Waals surface area contributed by atoms with Gasteiger partial charge in [-0.25, -0.2) is 0 Å². The number of likely N-dealkylation sites (tertiary alicyclic amines) is 1. The van der Waals surface area contributed by atoms with E-state index < -0.39 is 29.6 Å². The predicted octanol–water partition coefficient (Wildman–Crippen LogP) is 4.42. The minimum atomic E-state index is -1.10. The number of nitrogens with zero attached hydrogens (tertiary/aromatic N) is 1. The number of carbonyl (C=O) groups is 3. The van der Waals surface area contributed by atoms with Crippen LogP contribution in [0.15, 0.2) is 48.1 Å². The first kappa shape index (κ1) is 25.4. The molecule has 202 valence electrons. The van der Waals surface area contributed by atoms with Crippen LogP contribution in [0, 0.1) is 18.8 Å². The number of fused-ring (bicyclic) bond motifs is 1. The van der Waals surface area contributed by atoms with Gasteiger partial charge in [-0.3, -0.25) is 14.4 Å². The maximum atomic E-state index is 14.1. The fourth-order valence-corrected chi connectivity index (χ4v) is 7.29. The highest BCUT2D eigenvalue weighted by molar-refractivity contribution is 6.02. The van der Waals surface area contributed by atoms with Crippen molar-refractivity contribution in [3.8, 4) is 0 Å². The van der Waals surface area contributed by atoms with E-state index >= 15 is 0 Å². The van der Waals surface area contributed by atoms with Crippen LogP contribution in [0.2, 0.25) is 0 Å². The molecule has 3 aliphatic heterocycles. The highest BCUT2D eigenvalue weighted by Crippen LogP contribution is 2.55. The number of allylic oxidation sites excluding steroid dienone is 1. The first-order valence-electron chi connectivity index (χ1n) is 14.5. The third kappa shape index (κ3) is 4.49. The zero-order valence-electron chi connectivity index (χ0n) is 22.3. The molecule has 1 saturated carbocycles. The minimum absolute atomic E-state index is 0.132. The van der Waals surface area contributed by atoms with Gasteiger partial charge in [0.05, 0.1) is 17.9 Å². The Hall–Kier alpha value is -2.93. The van der Waals surface area contributed by atoms with E-state index in [4.69, 9.17) is 4.74 Å². The molecule has 2 N–H and O–H groups in total. The molecule has 2 bridgehead atoms. The molecule has 0 aromatic heterocycles. The fraction of sp³-hybridized carbons (Fsp3) is 0.581. The van der Waals surface area contributed by atoms with E-state index in [2.05, 4.69) is 16.7 Å². The van der Waals surface area contributed by atoms with Gasteiger partial charge in [-0.1, -0.05) is 60.8 Å². The lowest BCUT2D eigenvalue weighted by Crippen LogP contribution is -2.56. The van der Waals surface area contributed by atoms with Crippen molar-refractivity contribution in [2.24, 2.45) is 11.8 Å². The number of aryl methyl sites for hydroxylation is 1. The summed E-state index contributed by atoms with van der Waals surface area (Å²) in [5.41, 5.74) is 2.06. The van der Waals surface area contributed by atoms with E-state index in [1.54, 1.807) is 4.90 Å². The van der Waals surface area contributed by atoms with E-state index in [0.29, 0.717) is 12.2 Å². The van der Waals surface area contributed by atoms with Crippen molar-refractivity contribution in [1.29, 1.82) is 0 Å². The summed E-state index contributed by atoms with van der Waals surface area (Å²) in [7, 11) is 0. The van der Waals surface area contributed by atoms with Crippen LogP contribution in [0.4, 0.5) is 5.69 Å². The number of nitrogens with one attached hydrogen (secondary N) is 2. The summed E-state index contributed by atoms with van der Waals surface area (Å²) in [6, 6.07) is 7.00. The Balaban J connectivity index is 1.27. The van der Waals surface area contributed by atoms with E-state index in [1.807, 2.05) is 43.3 Å². The van der Waals surface area contributed by atoms with Crippen molar-refractivity contribution in [2.45, 2.75) is 94.9 Å². The van der Waals surface area contributed by atoms with Gasteiger partial charge in [-0.15, -0.1) is 0 Å². The Morgan fingerprint density at radius 1 is 1.05 bits per heavy atom. The summed E-state index contributed by atoms with van der Waals surface area (Å²) in [5, 5.41) is 6.27. The van der Waals surface area contributed by atoms with Crippen molar-refractivity contribution in [3.63, 3.8) is 0 Å². The maximum Gasteiger partial charge on any atom is 0.246 e. The standard InChI is InChI=1S/C31H39N3O4/c1-20-12-14-23(15-13-20)32-28(35)25-24-16-18-31(38-24)26(25)30(37)34(19-17-21-8-4-2-5-9-21)27(31)29(36)33-22-10-6-3-7-11-22/h8,12-16,18,22,24-27H,2-7,9-11,17,19H2,1H3,(H,32,35)(H,33,36)/t24-,25-,26-,27+,31-/m0/s1. The first-order valence-corrected chi connectivity index (χ1v) is 14.5. The minimum Gasteiger partial charge on any atom is -0.359 e. The second-order valence-corrected chi connectivity index (χ2v) is 11.8. The molecule has 7 nitrogen and oxygen atoms in total. The summed E-state index contributed by atoms with van der Waals surface area (Å²) in [5.74, 6) is -1.88. The maximum absolute atomic E-state index is 14.1. The molecule has 6 rings (SSSR count). The first-order chi connectivity index (χ1) is 18.5. The van der Waals surface area contributed by atoms with Crippen LogP contribution in [0.25, 0.3) is 0 Å². The molecule has 3 amide bonds. The van der Waals surface area contributed by atoms with Gasteiger partial charge in [0.15, 0.2) is 0 Å². The number of benzene rings is 1. The van der Waals surface area contributed by atoms with Crippen molar-refractivity contribution in [3.05, 3.63) is 53.6 Å². The Bertz CT molecular complexity index is 1150. The smallest absolute Gasteiger partial charge is 0.246 e. The van der Waals surface area contributed by atoms with E-state index in [1.165, 1.54) is 24.8 Å². The molecule has 7 heteroatoms. The Labute approximate surface area is 225 Å². The fourth-order valence-electron chi connectivity index (χ4n) is 7.29. The molecule has 2 saturated heterocycles. The van der Waals surface area contributed by atoms with Gasteiger partial charge in [-0.2, -0.15) is 0 Å². The normalized spacial score (nSPS) is 32.3. The molecule has 3 heterocycles. The summed E-state index contributed by atoms with van der Waals surface area (Å²) < 4.78 is 6.48. The van der Waals surface area contributed by atoms with E-state index in [-0.39, 0.29) is 23.8 Å². The molecule has 1 aromatic carbocycles. The number of hydrogen-bond acceptors (Lipinski definition) is 4. The van der Waals surface area contributed by atoms with Crippen LogP contribution >= 0.6 is 0 Å². The highest BCUT2D eigenvalue weighted by Gasteiger charge is 2.72. The lowest BCUT2D eigenvalue weighted by Gasteiger charge is -2.34. The average Bonchev–Trinajstić information content (AvgIpc) is 3.57. The molecule has 0 unspecified atom stereocenters. The molecule has 3 fully saturated rings. The van der Waals surface area contributed by atoms with Gasteiger partial charge in [0.25, 0.3) is 0 Å². The second kappa shape index (κ2) is 10.3. The van der Waals surface area contributed by atoms with Gasteiger partial charge in [-0.05, 0) is 64.0 Å². The van der Waals surface area contributed by atoms with Crippen LogP contribution in [0.5, 0.6) is 0 Å². The number of hydrogen-bond donors (Lipinski definition) is 2. The van der Waals surface area contributed by atoms with Crippen LogP contribution in [0.1, 0.15) is 69.8 Å². The lowest BCUT2D eigenvalue weighted by atomic mass is 9.74. The third-order valence-electron chi connectivity index (χ3n) is 9.25. The predicted molar refractivity (Wildman–Crippen MR) is 145 cm³/mol. The number of amides is 3. The third-order valence-corrected chi connectivity index (χ3v) is 9.25. The van der Waals surface area contributed by atoms with Gasteiger partial charge in [0.1, 0.15) is 11.6 Å². The topological polar surface area (TPSA) is 87.7 Å². The lowest BCUT2D eigenvalue weighted by molar-refractivity contribution is -0.141. The van der Waals surface area contributed by atoms with Crippen LogP contribution < -0.4 is 10.6 Å². The zero-order valence-corrected chi connectivity index (χ0v) is 22.3. The summed E-state index contributed by atoms with van der Waals surface area (Å²) >= 11 is 0. The van der Waals surface area contributed by atoms with E-state index in [9.17, 15) is 14.4 Å². The molecular formula is C31H39N3O4. The largest absolute Gasteiger partial charge is 0.359 e. The second-order valence-electron chi connectivity index (χ2n) is 11.8. The van der Waals surface area contributed by atoms with Crippen LogP contribution in [0.3, 0.4) is 0 Å². The van der Waals surface area contributed by atoms with Crippen molar-refractivity contribution in [2.75, 3.05) is 11.9 Å². The monoisotopic (exact) mass is 517 g/mol. The molecule has 0 radical (unpaired) electrons. The zero-order chi connectivity index (χ0) is 26.3.